The van der Waals surface area contributed by atoms with Gasteiger partial charge in [-0.25, -0.2) is 22.7 Å². The lowest BCUT2D eigenvalue weighted by Crippen LogP contribution is -2.36. The van der Waals surface area contributed by atoms with Crippen molar-refractivity contribution in [1.29, 1.82) is 0 Å². The Labute approximate surface area is 160 Å². The minimum Gasteiger partial charge on any atom is -0.458 e. The summed E-state index contributed by atoms with van der Waals surface area (Å²) >= 11 is 0. The quantitative estimate of drug-likeness (QED) is 0.730. The fraction of sp³-hybridized carbons (Fsp3) is 0.556. The molecule has 152 valence electrons. The monoisotopic (exact) mass is 401 g/mol. The number of hydrogen-bond donors (Lipinski definition) is 1. The summed E-state index contributed by atoms with van der Waals surface area (Å²) in [6, 6.07) is 5.72. The van der Waals surface area contributed by atoms with Gasteiger partial charge in [0.05, 0.1) is 11.5 Å². The largest absolute Gasteiger partial charge is 0.458 e. The first-order valence-electron chi connectivity index (χ1n) is 8.32. The Morgan fingerprint density at radius 2 is 1.44 bits per heavy atom. The van der Waals surface area contributed by atoms with Gasteiger partial charge in [-0.05, 0) is 59.2 Å². The third-order valence-corrected chi connectivity index (χ3v) is 4.09. The molecule has 8 nitrogen and oxygen atoms in total. The summed E-state index contributed by atoms with van der Waals surface area (Å²) in [5, 5.41) is 0. The molecule has 1 N–H and O–H groups in total. The molecule has 0 radical (unpaired) electrons. The van der Waals surface area contributed by atoms with E-state index in [-0.39, 0.29) is 18.1 Å². The number of nitrogens with one attached hydrogen (secondary N) is 1. The second-order valence-electron chi connectivity index (χ2n) is 7.83. The molecule has 0 saturated heterocycles. The predicted molar refractivity (Wildman–Crippen MR) is 98.5 cm³/mol. The van der Waals surface area contributed by atoms with Gasteiger partial charge in [-0.3, -0.25) is 0 Å². The molecule has 27 heavy (non-hydrogen) atoms. The van der Waals surface area contributed by atoms with Crippen LogP contribution in [0, 0.1) is 0 Å². The minimum absolute atomic E-state index is 0.0933. The zero-order valence-electron chi connectivity index (χ0n) is 16.5. The van der Waals surface area contributed by atoms with Crippen molar-refractivity contribution in [2.24, 2.45) is 0 Å². The van der Waals surface area contributed by atoms with Gasteiger partial charge >= 0.3 is 12.1 Å². The molecular weight excluding hydrogens is 374 g/mol. The van der Waals surface area contributed by atoms with Crippen molar-refractivity contribution >= 4 is 22.1 Å². The maximum atomic E-state index is 12.2. The molecule has 0 fully saturated rings. The Morgan fingerprint density at radius 3 is 1.93 bits per heavy atom. The molecule has 0 unspecified atom stereocenters. The van der Waals surface area contributed by atoms with Gasteiger partial charge in [0.1, 0.15) is 17.8 Å². The average molecular weight is 401 g/mol. The highest BCUT2D eigenvalue weighted by atomic mass is 32.2. The van der Waals surface area contributed by atoms with Crippen LogP contribution in [0.15, 0.2) is 29.2 Å². The summed E-state index contributed by atoms with van der Waals surface area (Å²) in [5.74, 6) is -0.483. The highest BCUT2D eigenvalue weighted by molar-refractivity contribution is 7.90. The smallest absolute Gasteiger partial charge is 0.421 e. The van der Waals surface area contributed by atoms with Crippen LogP contribution in [0.5, 0.6) is 0 Å². The zero-order chi connectivity index (χ0) is 20.9. The number of sulfonamides is 1. The SMILES string of the molecule is CC(C)(C)OC(=O)COCc1ccc(S(=O)(=O)NC(=O)OC(C)(C)C)cc1. The molecule has 0 aromatic heterocycles. The third kappa shape index (κ3) is 9.39. The molecule has 0 bridgehead atoms. The third-order valence-electron chi connectivity index (χ3n) is 2.76. The molecule has 0 aliphatic rings. The van der Waals surface area contributed by atoms with Crippen molar-refractivity contribution < 1.29 is 32.2 Å². The molecule has 1 rings (SSSR count). The van der Waals surface area contributed by atoms with E-state index in [0.717, 1.165) is 0 Å². The van der Waals surface area contributed by atoms with Gasteiger partial charge < -0.3 is 14.2 Å². The number of carbonyl (C=O) groups is 2. The maximum Gasteiger partial charge on any atom is 0.421 e. The topological polar surface area (TPSA) is 108 Å². The van der Waals surface area contributed by atoms with E-state index in [4.69, 9.17) is 14.2 Å². The van der Waals surface area contributed by atoms with E-state index in [0.29, 0.717) is 5.56 Å². The number of esters is 1. The molecule has 0 heterocycles. The van der Waals surface area contributed by atoms with E-state index in [9.17, 15) is 18.0 Å². The number of hydrogen-bond acceptors (Lipinski definition) is 7. The lowest BCUT2D eigenvalue weighted by Gasteiger charge is -2.19. The Balaban J connectivity index is 2.60. The number of benzene rings is 1. The summed E-state index contributed by atoms with van der Waals surface area (Å²) in [6.07, 6.45) is -1.05. The van der Waals surface area contributed by atoms with Crippen LogP contribution in [0.25, 0.3) is 0 Å². The molecule has 0 saturated carbocycles. The molecule has 0 aliphatic heterocycles. The van der Waals surface area contributed by atoms with Crippen LogP contribution in [0.3, 0.4) is 0 Å². The molecule has 9 heteroatoms. The van der Waals surface area contributed by atoms with E-state index in [2.05, 4.69) is 0 Å². The van der Waals surface area contributed by atoms with E-state index in [1.807, 2.05) is 4.72 Å². The van der Waals surface area contributed by atoms with Crippen molar-refractivity contribution in [2.45, 2.75) is 64.2 Å². The highest BCUT2D eigenvalue weighted by Crippen LogP contribution is 2.13. The fourth-order valence-corrected chi connectivity index (χ4v) is 2.73. The average Bonchev–Trinajstić information content (AvgIpc) is 2.43. The fourth-order valence-electron chi connectivity index (χ4n) is 1.86. The van der Waals surface area contributed by atoms with E-state index < -0.39 is 33.3 Å². The Bertz CT molecular complexity index is 756. The van der Waals surface area contributed by atoms with Gasteiger partial charge in [0.15, 0.2) is 0 Å². The predicted octanol–water partition coefficient (Wildman–Crippen LogP) is 2.76. The van der Waals surface area contributed by atoms with Crippen molar-refractivity contribution in [3.63, 3.8) is 0 Å². The first-order valence-corrected chi connectivity index (χ1v) is 9.81. The van der Waals surface area contributed by atoms with Crippen molar-refractivity contribution in [3.05, 3.63) is 29.8 Å². The minimum atomic E-state index is -4.04. The molecule has 1 aromatic rings. The second-order valence-corrected chi connectivity index (χ2v) is 9.51. The molecule has 1 aromatic carbocycles. The molecule has 0 spiro atoms. The maximum absolute atomic E-state index is 12.2. The van der Waals surface area contributed by atoms with E-state index in [1.165, 1.54) is 24.3 Å². The number of ether oxygens (including phenoxy) is 3. The number of rotatable bonds is 6. The molecule has 1 amide bonds. The molecular formula is C18H27NO7S. The summed E-state index contributed by atoms with van der Waals surface area (Å²) in [5.41, 5.74) is -0.734. The van der Waals surface area contributed by atoms with Crippen LogP contribution in [0.1, 0.15) is 47.1 Å². The van der Waals surface area contributed by atoms with Crippen molar-refractivity contribution in [2.75, 3.05) is 6.61 Å². The van der Waals surface area contributed by atoms with Crippen LogP contribution in [-0.2, 0) is 35.6 Å². The van der Waals surface area contributed by atoms with Crippen LogP contribution in [-0.4, -0.2) is 38.3 Å². The summed E-state index contributed by atoms with van der Waals surface area (Å²) in [7, 11) is -4.04. The van der Waals surface area contributed by atoms with Crippen molar-refractivity contribution in [1.82, 2.24) is 4.72 Å². The summed E-state index contributed by atoms with van der Waals surface area (Å²) in [4.78, 5) is 23.1. The van der Waals surface area contributed by atoms with Crippen molar-refractivity contribution in [3.8, 4) is 0 Å². The van der Waals surface area contributed by atoms with Crippen LogP contribution in [0.4, 0.5) is 4.79 Å². The normalized spacial score (nSPS) is 12.4. The molecule has 0 aliphatic carbocycles. The van der Waals surface area contributed by atoms with E-state index in [1.54, 1.807) is 41.5 Å². The lowest BCUT2D eigenvalue weighted by atomic mass is 10.2. The Morgan fingerprint density at radius 1 is 0.926 bits per heavy atom. The molecule has 0 atom stereocenters. The van der Waals surface area contributed by atoms with Crippen LogP contribution in [0.2, 0.25) is 0 Å². The van der Waals surface area contributed by atoms with Crippen LogP contribution >= 0.6 is 0 Å². The van der Waals surface area contributed by atoms with E-state index >= 15 is 0 Å². The van der Waals surface area contributed by atoms with Crippen LogP contribution < -0.4 is 4.72 Å². The summed E-state index contributed by atoms with van der Waals surface area (Å²) in [6.45, 7) is 10.1. The van der Waals surface area contributed by atoms with Gasteiger partial charge in [-0.2, -0.15) is 0 Å². The Hall–Kier alpha value is -2.13. The summed E-state index contributed by atoms with van der Waals surface area (Å²) < 4.78 is 41.5. The van der Waals surface area contributed by atoms with Gasteiger partial charge in [0.2, 0.25) is 0 Å². The Kier molecular flexibility index (Phi) is 7.39. The standard InChI is InChI=1S/C18H27NO7S/c1-17(2,3)25-15(20)12-24-11-13-7-9-14(10-8-13)27(22,23)19-16(21)26-18(4,5)6/h7-10H,11-12H2,1-6H3,(H,19,21). The second kappa shape index (κ2) is 8.71. The lowest BCUT2D eigenvalue weighted by molar-refractivity contribution is -0.160. The number of carbonyl (C=O) groups excluding carboxylic acids is 2. The van der Waals surface area contributed by atoms with Gasteiger partial charge in [-0.1, -0.05) is 12.1 Å². The van der Waals surface area contributed by atoms with Gasteiger partial charge in [0.25, 0.3) is 10.0 Å². The van der Waals surface area contributed by atoms with Gasteiger partial charge in [0, 0.05) is 0 Å². The first-order chi connectivity index (χ1) is 12.2. The van der Waals surface area contributed by atoms with Gasteiger partial charge in [-0.15, -0.1) is 0 Å². The first kappa shape index (κ1) is 22.9. The zero-order valence-corrected chi connectivity index (χ0v) is 17.3. The number of amides is 1. The highest BCUT2D eigenvalue weighted by Gasteiger charge is 2.23.